The number of para-hydroxylation sites is 1. The number of pyridine rings is 1. The first-order valence-corrected chi connectivity index (χ1v) is 7.59. The highest BCUT2D eigenvalue weighted by Gasteiger charge is 2.21. The maximum atomic E-state index is 12.5. The molecule has 1 amide bonds. The molecular weight excluding hydrogens is 310 g/mol. The summed E-state index contributed by atoms with van der Waals surface area (Å²) in [5, 5.41) is 12.6. The molecule has 0 spiro atoms. The highest BCUT2D eigenvalue weighted by molar-refractivity contribution is 7.21. The first-order valence-electron chi connectivity index (χ1n) is 6.77. The Labute approximate surface area is 136 Å². The van der Waals surface area contributed by atoms with Crippen molar-refractivity contribution in [3.05, 3.63) is 46.3 Å². The third-order valence-electron chi connectivity index (χ3n) is 3.50. The van der Waals surface area contributed by atoms with E-state index in [9.17, 15) is 10.1 Å². The van der Waals surface area contributed by atoms with Crippen LogP contribution in [0.4, 0.5) is 17.2 Å². The Hall–Kier alpha value is -3.11. The first kappa shape index (κ1) is 14.8. The quantitative estimate of drug-likeness (QED) is 0.670. The summed E-state index contributed by atoms with van der Waals surface area (Å²) in [7, 11) is 0. The molecule has 23 heavy (non-hydrogen) atoms. The number of hydrogen-bond donors (Lipinski definition) is 3. The second-order valence-corrected chi connectivity index (χ2v) is 5.95. The van der Waals surface area contributed by atoms with Gasteiger partial charge in [0, 0.05) is 11.1 Å². The van der Waals surface area contributed by atoms with Gasteiger partial charge in [-0.2, -0.15) is 5.26 Å². The molecule has 3 aromatic rings. The van der Waals surface area contributed by atoms with Crippen molar-refractivity contribution in [2.45, 2.75) is 6.92 Å². The number of carbonyl (C=O) groups is 1. The van der Waals surface area contributed by atoms with Crippen molar-refractivity contribution in [1.29, 1.82) is 5.26 Å². The maximum Gasteiger partial charge on any atom is 0.267 e. The fraction of sp³-hybridized carbons (Fsp3) is 0.0625. The van der Waals surface area contributed by atoms with Gasteiger partial charge in [-0.1, -0.05) is 18.2 Å². The van der Waals surface area contributed by atoms with E-state index in [0.29, 0.717) is 32.0 Å². The molecule has 6 nitrogen and oxygen atoms in total. The Bertz CT molecular complexity index is 956. The fourth-order valence-electron chi connectivity index (χ4n) is 2.37. The van der Waals surface area contributed by atoms with Gasteiger partial charge in [-0.05, 0) is 24.6 Å². The molecular formula is C16H13N5OS. The molecule has 0 radical (unpaired) electrons. The summed E-state index contributed by atoms with van der Waals surface area (Å²) in [6, 6.07) is 11.1. The molecule has 0 aliphatic carbocycles. The molecule has 0 unspecified atom stereocenters. The number of fused-ring (bicyclic) bond motifs is 1. The summed E-state index contributed by atoms with van der Waals surface area (Å²) >= 11 is 1.16. The third-order valence-corrected chi connectivity index (χ3v) is 4.60. The van der Waals surface area contributed by atoms with Crippen LogP contribution < -0.4 is 16.8 Å². The lowest BCUT2D eigenvalue weighted by Gasteiger charge is -2.05. The molecule has 0 atom stereocenters. The van der Waals surface area contributed by atoms with Gasteiger partial charge < -0.3 is 16.8 Å². The van der Waals surface area contributed by atoms with E-state index >= 15 is 0 Å². The van der Waals surface area contributed by atoms with E-state index in [0.717, 1.165) is 11.3 Å². The number of nitrogens with zero attached hydrogens (tertiary/aromatic N) is 2. The van der Waals surface area contributed by atoms with Crippen LogP contribution in [0.25, 0.3) is 10.2 Å². The average Bonchev–Trinajstić information content (AvgIpc) is 2.85. The topological polar surface area (TPSA) is 118 Å². The van der Waals surface area contributed by atoms with Crippen molar-refractivity contribution in [3.8, 4) is 6.07 Å². The first-order chi connectivity index (χ1) is 11.0. The predicted octanol–water partition coefficient (Wildman–Crippen LogP) is 2.89. The zero-order chi connectivity index (χ0) is 16.6. The number of carbonyl (C=O) groups excluding carboxylic acids is 1. The SMILES string of the molecule is Cc1c(C#N)c(N)nc2sc(C(=O)Nc3ccccc3)c(N)c12. The van der Waals surface area contributed by atoms with Gasteiger partial charge in [-0.15, -0.1) is 11.3 Å². The molecule has 1 aromatic carbocycles. The Balaban J connectivity index is 2.09. The lowest BCUT2D eigenvalue weighted by atomic mass is 10.1. The summed E-state index contributed by atoms with van der Waals surface area (Å²) < 4.78 is 0. The molecule has 0 aliphatic rings. The Kier molecular flexibility index (Phi) is 3.60. The monoisotopic (exact) mass is 323 g/mol. The Morgan fingerprint density at radius 2 is 2.00 bits per heavy atom. The smallest absolute Gasteiger partial charge is 0.267 e. The third kappa shape index (κ3) is 2.45. The van der Waals surface area contributed by atoms with E-state index in [1.807, 2.05) is 24.3 Å². The van der Waals surface area contributed by atoms with E-state index in [4.69, 9.17) is 11.5 Å². The number of benzene rings is 1. The van der Waals surface area contributed by atoms with Gasteiger partial charge in [0.25, 0.3) is 5.91 Å². The van der Waals surface area contributed by atoms with Crippen molar-refractivity contribution in [2.24, 2.45) is 0 Å². The lowest BCUT2D eigenvalue weighted by Crippen LogP contribution is -2.11. The van der Waals surface area contributed by atoms with Gasteiger partial charge in [-0.25, -0.2) is 4.98 Å². The molecule has 2 heterocycles. The normalized spacial score (nSPS) is 10.4. The van der Waals surface area contributed by atoms with Crippen molar-refractivity contribution >= 4 is 44.7 Å². The summed E-state index contributed by atoms with van der Waals surface area (Å²) in [6.45, 7) is 1.75. The van der Waals surface area contributed by atoms with Crippen molar-refractivity contribution < 1.29 is 4.79 Å². The van der Waals surface area contributed by atoms with Crippen LogP contribution in [-0.4, -0.2) is 10.9 Å². The lowest BCUT2D eigenvalue weighted by molar-refractivity contribution is 0.103. The van der Waals surface area contributed by atoms with Crippen LogP contribution in [0.3, 0.4) is 0 Å². The molecule has 2 aromatic heterocycles. The average molecular weight is 323 g/mol. The zero-order valence-electron chi connectivity index (χ0n) is 12.3. The van der Waals surface area contributed by atoms with Gasteiger partial charge >= 0.3 is 0 Å². The van der Waals surface area contributed by atoms with Crippen LogP contribution in [0, 0.1) is 18.3 Å². The number of anilines is 3. The molecule has 7 heteroatoms. The number of nitrogens with one attached hydrogen (secondary N) is 1. The molecule has 0 fully saturated rings. The largest absolute Gasteiger partial charge is 0.397 e. The number of aromatic nitrogens is 1. The van der Waals surface area contributed by atoms with Crippen LogP contribution in [-0.2, 0) is 0 Å². The van der Waals surface area contributed by atoms with Crippen molar-refractivity contribution in [2.75, 3.05) is 16.8 Å². The van der Waals surface area contributed by atoms with Crippen LogP contribution in [0.5, 0.6) is 0 Å². The molecule has 0 aliphatic heterocycles. The second kappa shape index (κ2) is 5.59. The van der Waals surface area contributed by atoms with E-state index in [1.54, 1.807) is 19.1 Å². The van der Waals surface area contributed by atoms with Crippen molar-refractivity contribution in [1.82, 2.24) is 4.98 Å². The maximum absolute atomic E-state index is 12.5. The van der Waals surface area contributed by atoms with Gasteiger partial charge in [0.2, 0.25) is 0 Å². The number of nitrogens with two attached hydrogens (primary N) is 2. The summed E-state index contributed by atoms with van der Waals surface area (Å²) in [5.41, 5.74) is 13.8. The number of amides is 1. The summed E-state index contributed by atoms with van der Waals surface area (Å²) in [5.74, 6) is -0.165. The molecule has 0 bridgehead atoms. The molecule has 0 saturated carbocycles. The highest BCUT2D eigenvalue weighted by Crippen LogP contribution is 2.37. The Morgan fingerprint density at radius 3 is 2.65 bits per heavy atom. The molecule has 0 saturated heterocycles. The van der Waals surface area contributed by atoms with Crippen molar-refractivity contribution in [3.63, 3.8) is 0 Å². The summed E-state index contributed by atoms with van der Waals surface area (Å²) in [6.07, 6.45) is 0. The molecule has 114 valence electrons. The van der Waals surface area contributed by atoms with E-state index in [-0.39, 0.29) is 17.3 Å². The predicted molar refractivity (Wildman–Crippen MR) is 92.3 cm³/mol. The van der Waals surface area contributed by atoms with Crippen LogP contribution in [0.1, 0.15) is 20.8 Å². The van der Waals surface area contributed by atoms with Gasteiger partial charge in [-0.3, -0.25) is 4.79 Å². The van der Waals surface area contributed by atoms with E-state index < -0.39 is 0 Å². The number of rotatable bonds is 2. The number of nitriles is 1. The highest BCUT2D eigenvalue weighted by atomic mass is 32.1. The molecule has 5 N–H and O–H groups in total. The van der Waals surface area contributed by atoms with Crippen LogP contribution >= 0.6 is 11.3 Å². The zero-order valence-corrected chi connectivity index (χ0v) is 13.1. The summed E-state index contributed by atoms with van der Waals surface area (Å²) in [4.78, 5) is 17.5. The second-order valence-electron chi connectivity index (χ2n) is 4.95. The van der Waals surface area contributed by atoms with E-state index in [2.05, 4.69) is 10.3 Å². The minimum absolute atomic E-state index is 0.147. The number of nitrogen functional groups attached to an aromatic ring is 2. The van der Waals surface area contributed by atoms with Gasteiger partial charge in [0.15, 0.2) is 0 Å². The fourth-order valence-corrected chi connectivity index (χ4v) is 3.43. The van der Waals surface area contributed by atoms with Gasteiger partial charge in [0.05, 0.1) is 11.3 Å². The number of thiophene rings is 1. The number of aryl methyl sites for hydroxylation is 1. The molecule has 3 rings (SSSR count). The van der Waals surface area contributed by atoms with Crippen LogP contribution in [0.15, 0.2) is 30.3 Å². The Morgan fingerprint density at radius 1 is 1.30 bits per heavy atom. The minimum atomic E-state index is -0.312. The van der Waals surface area contributed by atoms with Crippen LogP contribution in [0.2, 0.25) is 0 Å². The van der Waals surface area contributed by atoms with E-state index in [1.165, 1.54) is 0 Å². The minimum Gasteiger partial charge on any atom is -0.397 e. The standard InChI is InChI=1S/C16H13N5OS/c1-8-10(7-17)14(19)21-16-11(8)12(18)13(23-16)15(22)20-9-5-3-2-4-6-9/h2-6H,18H2,1H3,(H2,19,21)(H,20,22). The number of hydrogen-bond acceptors (Lipinski definition) is 6. The van der Waals surface area contributed by atoms with Gasteiger partial charge in [0.1, 0.15) is 21.6 Å².